The van der Waals surface area contributed by atoms with Gasteiger partial charge in [0.25, 0.3) is 0 Å². The highest BCUT2D eigenvalue weighted by atomic mass is 16.5. The van der Waals surface area contributed by atoms with E-state index in [-0.39, 0.29) is 17.1 Å². The van der Waals surface area contributed by atoms with Crippen molar-refractivity contribution in [3.05, 3.63) is 11.6 Å². The molecule has 2 aliphatic rings. The van der Waals surface area contributed by atoms with Gasteiger partial charge in [-0.05, 0) is 53.4 Å². The Kier molecular flexibility index (Phi) is 3.62. The van der Waals surface area contributed by atoms with Crippen molar-refractivity contribution < 1.29 is 14.9 Å². The van der Waals surface area contributed by atoms with Crippen LogP contribution in [0, 0.1) is 5.41 Å². The molecule has 1 fully saturated rings. The normalized spacial score (nSPS) is 43.6. The average molecular weight is 268 g/mol. The van der Waals surface area contributed by atoms with Gasteiger partial charge >= 0.3 is 0 Å². The molecule has 110 valence electrons. The van der Waals surface area contributed by atoms with E-state index in [1.807, 2.05) is 6.08 Å². The van der Waals surface area contributed by atoms with Gasteiger partial charge in [-0.15, -0.1) is 0 Å². The molecule has 0 aromatic carbocycles. The van der Waals surface area contributed by atoms with Crippen LogP contribution >= 0.6 is 0 Å². The van der Waals surface area contributed by atoms with Gasteiger partial charge in [-0.25, -0.2) is 0 Å². The molecule has 4 atom stereocenters. The van der Waals surface area contributed by atoms with Gasteiger partial charge < -0.3 is 14.9 Å². The summed E-state index contributed by atoms with van der Waals surface area (Å²) in [6, 6.07) is 0. The standard InChI is InChI=1S/C16H28O3/c1-14(2,3)19-13-8-6-7-11-9-16(5,18)12(17)10-15(11,13)4/h9,12-13,17-18H,6-8,10H2,1-5H3/t12-,13-,15-,16+/m0/s1. The SMILES string of the molecule is CC(C)(C)O[C@H]1CCCC2=C[C@@](C)(O)[C@@H](O)C[C@@]21C. The summed E-state index contributed by atoms with van der Waals surface area (Å²) in [5, 5.41) is 20.5. The first-order valence-corrected chi connectivity index (χ1v) is 7.35. The first-order chi connectivity index (χ1) is 8.55. The van der Waals surface area contributed by atoms with Crippen molar-refractivity contribution in [2.45, 2.75) is 83.7 Å². The maximum absolute atomic E-state index is 10.2. The third kappa shape index (κ3) is 2.88. The lowest BCUT2D eigenvalue weighted by molar-refractivity contribution is -0.142. The lowest BCUT2D eigenvalue weighted by atomic mass is 9.61. The van der Waals surface area contributed by atoms with Gasteiger partial charge in [0.05, 0.1) is 17.8 Å². The Morgan fingerprint density at radius 2 is 1.95 bits per heavy atom. The van der Waals surface area contributed by atoms with E-state index in [0.717, 1.165) is 19.3 Å². The van der Waals surface area contributed by atoms with Crippen LogP contribution in [0.15, 0.2) is 11.6 Å². The average Bonchev–Trinajstić information content (AvgIpc) is 2.20. The Hall–Kier alpha value is -0.380. The van der Waals surface area contributed by atoms with Gasteiger partial charge in [0.15, 0.2) is 0 Å². The topological polar surface area (TPSA) is 49.7 Å². The Bertz CT molecular complexity index is 378. The summed E-state index contributed by atoms with van der Waals surface area (Å²) < 4.78 is 6.23. The fourth-order valence-corrected chi connectivity index (χ4v) is 3.46. The number of hydrogen-bond acceptors (Lipinski definition) is 3. The van der Waals surface area contributed by atoms with Crippen molar-refractivity contribution in [3.63, 3.8) is 0 Å². The number of aliphatic hydroxyl groups is 2. The summed E-state index contributed by atoms with van der Waals surface area (Å²) in [7, 11) is 0. The molecular formula is C16H28O3. The molecule has 0 radical (unpaired) electrons. The predicted molar refractivity (Wildman–Crippen MR) is 75.9 cm³/mol. The van der Waals surface area contributed by atoms with Crippen molar-refractivity contribution in [2.75, 3.05) is 0 Å². The second-order valence-corrected chi connectivity index (χ2v) is 7.64. The molecule has 2 rings (SSSR count). The van der Waals surface area contributed by atoms with E-state index in [1.165, 1.54) is 5.57 Å². The molecule has 0 aromatic rings. The second kappa shape index (κ2) is 4.57. The highest BCUT2D eigenvalue weighted by molar-refractivity contribution is 5.28. The molecule has 0 aromatic heterocycles. The van der Waals surface area contributed by atoms with Crippen LogP contribution in [0.4, 0.5) is 0 Å². The number of aliphatic hydroxyl groups excluding tert-OH is 1. The third-order valence-corrected chi connectivity index (χ3v) is 4.61. The minimum Gasteiger partial charge on any atom is -0.390 e. The molecule has 0 amide bonds. The maximum atomic E-state index is 10.2. The molecule has 3 nitrogen and oxygen atoms in total. The Balaban J connectivity index is 2.32. The fraction of sp³-hybridized carbons (Fsp3) is 0.875. The van der Waals surface area contributed by atoms with Crippen molar-refractivity contribution in [3.8, 4) is 0 Å². The zero-order valence-corrected chi connectivity index (χ0v) is 12.9. The van der Waals surface area contributed by atoms with Crippen molar-refractivity contribution in [2.24, 2.45) is 5.41 Å². The molecule has 3 heteroatoms. The minimum absolute atomic E-state index is 0.123. The van der Waals surface area contributed by atoms with Gasteiger partial charge in [-0.1, -0.05) is 18.6 Å². The van der Waals surface area contributed by atoms with E-state index >= 15 is 0 Å². The number of fused-ring (bicyclic) bond motifs is 1. The zero-order valence-electron chi connectivity index (χ0n) is 12.9. The minimum atomic E-state index is -1.10. The summed E-state index contributed by atoms with van der Waals surface area (Å²) in [6.07, 6.45) is 4.98. The van der Waals surface area contributed by atoms with Crippen molar-refractivity contribution in [1.29, 1.82) is 0 Å². The molecule has 0 unspecified atom stereocenters. The van der Waals surface area contributed by atoms with Crippen LogP contribution in [-0.4, -0.2) is 33.6 Å². The molecule has 0 aliphatic heterocycles. The first kappa shape index (κ1) is 15.0. The van der Waals surface area contributed by atoms with Gasteiger partial charge in [-0.3, -0.25) is 0 Å². The van der Waals surface area contributed by atoms with E-state index in [2.05, 4.69) is 27.7 Å². The van der Waals surface area contributed by atoms with Gasteiger partial charge in [0.2, 0.25) is 0 Å². The summed E-state index contributed by atoms with van der Waals surface area (Å²) >= 11 is 0. The molecule has 0 saturated heterocycles. The first-order valence-electron chi connectivity index (χ1n) is 7.35. The van der Waals surface area contributed by atoms with Crippen LogP contribution in [0.1, 0.15) is 60.3 Å². The molecule has 2 aliphatic carbocycles. The number of rotatable bonds is 1. The third-order valence-electron chi connectivity index (χ3n) is 4.61. The van der Waals surface area contributed by atoms with E-state index < -0.39 is 11.7 Å². The van der Waals surface area contributed by atoms with Gasteiger partial charge in [0, 0.05) is 5.41 Å². The van der Waals surface area contributed by atoms with Crippen LogP contribution in [0.2, 0.25) is 0 Å². The molecule has 19 heavy (non-hydrogen) atoms. The van der Waals surface area contributed by atoms with E-state index in [9.17, 15) is 10.2 Å². The Morgan fingerprint density at radius 1 is 1.32 bits per heavy atom. The van der Waals surface area contributed by atoms with E-state index in [1.54, 1.807) is 6.92 Å². The van der Waals surface area contributed by atoms with Crippen molar-refractivity contribution >= 4 is 0 Å². The smallest absolute Gasteiger partial charge is 0.106 e. The Morgan fingerprint density at radius 3 is 2.53 bits per heavy atom. The predicted octanol–water partition coefficient (Wildman–Crippen LogP) is 2.80. The summed E-state index contributed by atoms with van der Waals surface area (Å²) in [5.41, 5.74) is -0.171. The summed E-state index contributed by atoms with van der Waals surface area (Å²) in [6.45, 7) is 10.1. The van der Waals surface area contributed by atoms with Crippen LogP contribution in [0.5, 0.6) is 0 Å². The second-order valence-electron chi connectivity index (χ2n) is 7.64. The monoisotopic (exact) mass is 268 g/mol. The van der Waals surface area contributed by atoms with E-state index in [4.69, 9.17) is 4.74 Å². The van der Waals surface area contributed by atoms with Crippen LogP contribution < -0.4 is 0 Å². The molecule has 2 N–H and O–H groups in total. The highest BCUT2D eigenvalue weighted by Crippen LogP contribution is 2.51. The Labute approximate surface area is 116 Å². The lowest BCUT2D eigenvalue weighted by Gasteiger charge is -2.51. The fourth-order valence-electron chi connectivity index (χ4n) is 3.46. The summed E-state index contributed by atoms with van der Waals surface area (Å²) in [4.78, 5) is 0. The molecule has 0 heterocycles. The largest absolute Gasteiger partial charge is 0.390 e. The quantitative estimate of drug-likeness (QED) is 0.719. The number of ether oxygens (including phenoxy) is 1. The van der Waals surface area contributed by atoms with Gasteiger partial charge in [0.1, 0.15) is 5.60 Å². The van der Waals surface area contributed by atoms with E-state index in [0.29, 0.717) is 6.42 Å². The van der Waals surface area contributed by atoms with Crippen LogP contribution in [0.3, 0.4) is 0 Å². The maximum Gasteiger partial charge on any atom is 0.106 e. The lowest BCUT2D eigenvalue weighted by Crippen LogP contribution is -2.53. The molecule has 0 spiro atoms. The molecular weight excluding hydrogens is 240 g/mol. The number of hydrogen-bond donors (Lipinski definition) is 2. The summed E-state index contributed by atoms with van der Waals surface area (Å²) in [5.74, 6) is 0. The highest BCUT2D eigenvalue weighted by Gasteiger charge is 2.50. The molecule has 0 bridgehead atoms. The van der Waals surface area contributed by atoms with Gasteiger partial charge in [-0.2, -0.15) is 0 Å². The zero-order chi connectivity index (χ0) is 14.5. The molecule has 1 saturated carbocycles. The van der Waals surface area contributed by atoms with Crippen LogP contribution in [-0.2, 0) is 4.74 Å². The van der Waals surface area contributed by atoms with Crippen LogP contribution in [0.25, 0.3) is 0 Å². The van der Waals surface area contributed by atoms with Crippen molar-refractivity contribution in [1.82, 2.24) is 0 Å².